The fraction of sp³-hybridized carbons (Fsp3) is 0.750. The largest absolute Gasteiger partial charge is 0.455 e. The minimum Gasteiger partial charge on any atom is -0.455 e. The van der Waals surface area contributed by atoms with Crippen LogP contribution in [0.4, 0.5) is 0 Å². The first-order chi connectivity index (χ1) is 17.2. The van der Waals surface area contributed by atoms with Crippen molar-refractivity contribution in [1.29, 1.82) is 0 Å². The van der Waals surface area contributed by atoms with Gasteiger partial charge >= 0.3 is 5.97 Å². The summed E-state index contributed by atoms with van der Waals surface area (Å²) in [4.78, 5) is 30.7. The van der Waals surface area contributed by atoms with Crippen molar-refractivity contribution in [3.05, 3.63) is 21.7 Å². The smallest absolute Gasteiger partial charge is 0.306 e. The second-order valence-corrected chi connectivity index (χ2v) is 12.8. The lowest BCUT2D eigenvalue weighted by Gasteiger charge is -2.30. The third kappa shape index (κ3) is 6.87. The molecular formula is C28H44N2O6S. The summed E-state index contributed by atoms with van der Waals surface area (Å²) in [6, 6.07) is 0. The van der Waals surface area contributed by atoms with Crippen LogP contribution in [0.25, 0.3) is 6.08 Å². The second kappa shape index (κ2) is 11.6. The first-order valence-corrected chi connectivity index (χ1v) is 14.2. The van der Waals surface area contributed by atoms with Crippen molar-refractivity contribution in [2.75, 3.05) is 7.05 Å². The maximum absolute atomic E-state index is 13.2. The van der Waals surface area contributed by atoms with Gasteiger partial charge in [-0.1, -0.05) is 40.5 Å². The lowest BCUT2D eigenvalue weighted by atomic mass is 9.75. The van der Waals surface area contributed by atoms with Crippen LogP contribution in [0.2, 0.25) is 0 Å². The molecule has 0 aromatic carbocycles. The fourth-order valence-corrected chi connectivity index (χ4v) is 6.26. The number of carbonyl (C=O) groups is 2. The van der Waals surface area contributed by atoms with E-state index in [0.29, 0.717) is 36.6 Å². The summed E-state index contributed by atoms with van der Waals surface area (Å²) in [7, 11) is 1.85. The average Bonchev–Trinajstić information content (AvgIpc) is 3.12. The zero-order valence-corrected chi connectivity index (χ0v) is 24.1. The number of aliphatic hydroxyl groups excluding tert-OH is 1. The summed E-state index contributed by atoms with van der Waals surface area (Å²) in [5, 5.41) is 28.5. The van der Waals surface area contributed by atoms with Crippen LogP contribution in [0, 0.1) is 17.3 Å². The molecule has 0 amide bonds. The number of rotatable bonds is 4. The number of aliphatic hydroxyl groups is 2. The number of aromatic nitrogens is 1. The topological polar surface area (TPSA) is 121 Å². The number of epoxide rings is 1. The van der Waals surface area contributed by atoms with E-state index in [0.717, 1.165) is 24.3 Å². The van der Waals surface area contributed by atoms with Crippen LogP contribution in [0.1, 0.15) is 90.8 Å². The number of fused-ring (bicyclic) bond motifs is 1. The molecule has 9 heteroatoms. The van der Waals surface area contributed by atoms with Gasteiger partial charge in [0.15, 0.2) is 12.2 Å². The van der Waals surface area contributed by atoms with Gasteiger partial charge in [-0.3, -0.25) is 9.59 Å². The van der Waals surface area contributed by atoms with Crippen molar-refractivity contribution in [1.82, 2.24) is 10.3 Å². The highest BCUT2D eigenvalue weighted by molar-refractivity contribution is 7.09. The molecule has 2 aliphatic heterocycles. The fourth-order valence-electron chi connectivity index (χ4n) is 5.49. The first-order valence-electron chi connectivity index (χ1n) is 13.3. The number of ether oxygens (including phenoxy) is 2. The van der Waals surface area contributed by atoms with E-state index in [2.05, 4.69) is 17.2 Å². The highest BCUT2D eigenvalue weighted by Crippen LogP contribution is 2.53. The molecule has 2 aliphatic rings. The molecule has 1 aromatic heterocycles. The van der Waals surface area contributed by atoms with Crippen LogP contribution in [0.3, 0.4) is 0 Å². The third-order valence-corrected chi connectivity index (χ3v) is 8.81. The van der Waals surface area contributed by atoms with Crippen molar-refractivity contribution in [3.63, 3.8) is 0 Å². The Balaban J connectivity index is 1.89. The van der Waals surface area contributed by atoms with Crippen molar-refractivity contribution < 1.29 is 29.3 Å². The number of hydrogen-bond acceptors (Lipinski definition) is 9. The van der Waals surface area contributed by atoms with Gasteiger partial charge in [-0.2, -0.15) is 0 Å². The minimum absolute atomic E-state index is 0.0249. The summed E-state index contributed by atoms with van der Waals surface area (Å²) < 4.78 is 11.5. The van der Waals surface area contributed by atoms with Gasteiger partial charge in [0.05, 0.1) is 5.69 Å². The number of hydrogen-bond donors (Lipinski definition) is 3. The van der Waals surface area contributed by atoms with E-state index in [1.54, 1.807) is 19.9 Å². The molecule has 0 spiro atoms. The quantitative estimate of drug-likeness (QED) is 0.386. The average molecular weight is 537 g/mol. The Bertz CT molecular complexity index is 1010. The number of cyclic esters (lactones) is 1. The van der Waals surface area contributed by atoms with E-state index in [1.807, 2.05) is 33.2 Å². The summed E-state index contributed by atoms with van der Waals surface area (Å²) in [6.07, 6.45) is 2.51. The van der Waals surface area contributed by atoms with Crippen LogP contribution in [-0.2, 0) is 25.6 Å². The van der Waals surface area contributed by atoms with Crippen molar-refractivity contribution >= 4 is 29.2 Å². The minimum atomic E-state index is -1.82. The van der Waals surface area contributed by atoms with Crippen molar-refractivity contribution in [3.8, 4) is 0 Å². The van der Waals surface area contributed by atoms with Gasteiger partial charge < -0.3 is 25.0 Å². The molecule has 6 atom stereocenters. The molecule has 2 saturated heterocycles. The number of carbonyl (C=O) groups excluding carboxylic acids is 2. The van der Waals surface area contributed by atoms with Crippen molar-refractivity contribution in [2.45, 2.75) is 110 Å². The summed E-state index contributed by atoms with van der Waals surface area (Å²) in [5.74, 6) is -1.98. The Kier molecular flexibility index (Phi) is 9.39. The van der Waals surface area contributed by atoms with E-state index in [4.69, 9.17) is 9.47 Å². The molecule has 2 fully saturated rings. The Morgan fingerprint density at radius 2 is 1.97 bits per heavy atom. The van der Waals surface area contributed by atoms with Crippen LogP contribution in [0.15, 0.2) is 11.0 Å². The molecule has 3 rings (SSSR count). The van der Waals surface area contributed by atoms with E-state index >= 15 is 0 Å². The molecule has 0 radical (unpaired) electrons. The van der Waals surface area contributed by atoms with Crippen LogP contribution in [0.5, 0.6) is 0 Å². The van der Waals surface area contributed by atoms with Crippen molar-refractivity contribution in [2.24, 2.45) is 17.3 Å². The Morgan fingerprint density at radius 3 is 2.65 bits per heavy atom. The number of ketones is 1. The molecule has 1 aromatic rings. The first kappa shape index (κ1) is 29.9. The van der Waals surface area contributed by atoms with Gasteiger partial charge in [0, 0.05) is 29.7 Å². The van der Waals surface area contributed by atoms with E-state index in [1.165, 1.54) is 11.3 Å². The molecule has 3 heterocycles. The Hall–Kier alpha value is -1.65. The van der Waals surface area contributed by atoms with Gasteiger partial charge in [-0.05, 0) is 57.7 Å². The monoisotopic (exact) mass is 536 g/mol. The molecule has 3 N–H and O–H groups in total. The molecule has 0 saturated carbocycles. The number of nitrogens with one attached hydrogen (secondary N) is 1. The van der Waals surface area contributed by atoms with E-state index in [-0.39, 0.29) is 18.1 Å². The number of Topliss-reactive ketones (excluding diaryl/α,β-unsaturated/α-hetero) is 1. The summed E-state index contributed by atoms with van der Waals surface area (Å²) in [6.45, 7) is 12.0. The summed E-state index contributed by atoms with van der Waals surface area (Å²) >= 11 is 1.50. The lowest BCUT2D eigenvalue weighted by Crippen LogP contribution is -2.47. The Labute approximate surface area is 224 Å². The van der Waals surface area contributed by atoms with Crippen LogP contribution >= 0.6 is 11.3 Å². The predicted octanol–water partition coefficient (Wildman–Crippen LogP) is 4.24. The highest BCUT2D eigenvalue weighted by Gasteiger charge is 2.71. The molecule has 0 bridgehead atoms. The third-order valence-electron chi connectivity index (χ3n) is 7.94. The number of thiazole rings is 1. The standard InChI is InChI=1S/C28H44N2O6S/c1-17-9-8-11-27(6)28(34,36-27)25(33)23(18(2)14-20-16-37-21(30-20)15-29-7)35-22(31)10-12-26(4,5)24(32)19(3)13-17/h14,16-17,19,23,25,29,33-34H,8-13,15H2,1-7H3. The van der Waals surface area contributed by atoms with Gasteiger partial charge in [0.2, 0.25) is 5.79 Å². The second-order valence-electron chi connectivity index (χ2n) is 11.9. The molecule has 37 heavy (non-hydrogen) atoms. The zero-order chi connectivity index (χ0) is 27.6. The zero-order valence-electron chi connectivity index (χ0n) is 23.3. The van der Waals surface area contributed by atoms with Gasteiger partial charge in [-0.25, -0.2) is 4.98 Å². The number of nitrogens with zero attached hydrogens (tertiary/aromatic N) is 1. The van der Waals surface area contributed by atoms with Gasteiger partial charge in [-0.15, -0.1) is 11.3 Å². The van der Waals surface area contributed by atoms with Gasteiger partial charge in [0.1, 0.15) is 16.4 Å². The van der Waals surface area contributed by atoms with Gasteiger partial charge in [0.25, 0.3) is 0 Å². The SMILES string of the molecule is CNCc1nc(C=C(C)C2OC(=O)CCC(C)(C)C(=O)C(C)CC(C)CCCC3(C)OC3(O)C2O)cs1. The van der Waals surface area contributed by atoms with Crippen LogP contribution < -0.4 is 5.32 Å². The molecule has 8 nitrogen and oxygen atoms in total. The molecule has 208 valence electrons. The van der Waals surface area contributed by atoms with Crippen LogP contribution in [-0.4, -0.2) is 57.6 Å². The molecular weight excluding hydrogens is 492 g/mol. The maximum Gasteiger partial charge on any atom is 0.306 e. The Morgan fingerprint density at radius 1 is 1.27 bits per heavy atom. The number of esters is 1. The van der Waals surface area contributed by atoms with E-state index < -0.39 is 35.0 Å². The summed E-state index contributed by atoms with van der Waals surface area (Å²) in [5.41, 5.74) is -0.385. The molecule has 0 aliphatic carbocycles. The maximum atomic E-state index is 13.2. The highest BCUT2D eigenvalue weighted by atomic mass is 32.1. The normalized spacial score (nSPS) is 36.1. The predicted molar refractivity (Wildman–Crippen MR) is 144 cm³/mol. The van der Waals surface area contributed by atoms with E-state index in [9.17, 15) is 19.8 Å². The lowest BCUT2D eigenvalue weighted by molar-refractivity contribution is -0.165. The molecule has 6 unspecified atom stereocenters.